The van der Waals surface area contributed by atoms with Gasteiger partial charge in [-0.25, -0.2) is 0 Å². The molecule has 3 rings (SSSR count). The van der Waals surface area contributed by atoms with Gasteiger partial charge in [0, 0.05) is 24.2 Å². The minimum Gasteiger partial charge on any atom is -0.385 e. The van der Waals surface area contributed by atoms with Gasteiger partial charge in [0.2, 0.25) is 0 Å². The molecule has 4 heteroatoms. The molecule has 0 bridgehead atoms. The molecule has 1 aromatic carbocycles. The van der Waals surface area contributed by atoms with Crippen molar-refractivity contribution in [3.63, 3.8) is 0 Å². The maximum atomic E-state index is 5.41. The molecule has 0 saturated carbocycles. The van der Waals surface area contributed by atoms with E-state index in [0.29, 0.717) is 5.89 Å². The Labute approximate surface area is 119 Å². The molecule has 1 aliphatic heterocycles. The van der Waals surface area contributed by atoms with Gasteiger partial charge in [-0.3, -0.25) is 0 Å². The summed E-state index contributed by atoms with van der Waals surface area (Å²) in [5.74, 6) is 1.40. The number of aromatic nitrogens is 2. The lowest BCUT2D eigenvalue weighted by molar-refractivity contribution is 0.374. The van der Waals surface area contributed by atoms with Crippen molar-refractivity contribution in [2.75, 3.05) is 11.9 Å². The summed E-state index contributed by atoms with van der Waals surface area (Å²) in [4.78, 5) is 4.52. The summed E-state index contributed by atoms with van der Waals surface area (Å²) < 4.78 is 5.41. The lowest BCUT2D eigenvalue weighted by Gasteiger charge is -2.17. The third-order valence-corrected chi connectivity index (χ3v) is 3.45. The average Bonchev–Trinajstić information content (AvgIpc) is 2.84. The fourth-order valence-electron chi connectivity index (χ4n) is 2.53. The molecule has 106 valence electrons. The topological polar surface area (TPSA) is 51.0 Å². The second-order valence-corrected chi connectivity index (χ2v) is 6.66. The Balaban J connectivity index is 1.86. The Bertz CT molecular complexity index is 610. The van der Waals surface area contributed by atoms with Gasteiger partial charge in [0.1, 0.15) is 0 Å². The molecule has 0 amide bonds. The molecule has 0 spiro atoms. The fourth-order valence-corrected chi connectivity index (χ4v) is 2.53. The van der Waals surface area contributed by atoms with Crippen LogP contribution in [0.2, 0.25) is 0 Å². The molecule has 0 radical (unpaired) electrons. The molecule has 4 nitrogen and oxygen atoms in total. The molecule has 1 N–H and O–H groups in total. The minimum atomic E-state index is 0.168. The molecule has 0 saturated heterocycles. The third-order valence-electron chi connectivity index (χ3n) is 3.45. The van der Waals surface area contributed by atoms with Crippen LogP contribution < -0.4 is 5.32 Å². The van der Waals surface area contributed by atoms with Gasteiger partial charge >= 0.3 is 0 Å². The second-order valence-electron chi connectivity index (χ2n) is 6.66. The maximum Gasteiger partial charge on any atom is 0.257 e. The summed E-state index contributed by atoms with van der Waals surface area (Å²) in [7, 11) is 0. The molecule has 2 heterocycles. The zero-order valence-electron chi connectivity index (χ0n) is 12.4. The van der Waals surface area contributed by atoms with E-state index >= 15 is 0 Å². The van der Waals surface area contributed by atoms with E-state index in [1.165, 1.54) is 17.7 Å². The van der Waals surface area contributed by atoms with Crippen LogP contribution in [0.4, 0.5) is 5.69 Å². The third kappa shape index (κ3) is 2.84. The predicted octanol–water partition coefficient (Wildman–Crippen LogP) is 3.68. The van der Waals surface area contributed by atoms with Gasteiger partial charge in [-0.1, -0.05) is 25.9 Å². The highest BCUT2D eigenvalue weighted by molar-refractivity contribution is 5.63. The van der Waals surface area contributed by atoms with Crippen LogP contribution in [0.3, 0.4) is 0 Å². The first-order valence-corrected chi connectivity index (χ1v) is 7.21. The van der Waals surface area contributed by atoms with Crippen LogP contribution in [0, 0.1) is 5.41 Å². The number of hydrogen-bond donors (Lipinski definition) is 1. The number of anilines is 1. The van der Waals surface area contributed by atoms with Crippen molar-refractivity contribution < 1.29 is 4.52 Å². The van der Waals surface area contributed by atoms with Gasteiger partial charge in [0.25, 0.3) is 5.89 Å². The lowest BCUT2D eigenvalue weighted by Crippen LogP contribution is -2.11. The van der Waals surface area contributed by atoms with Crippen LogP contribution in [0.15, 0.2) is 22.7 Å². The first-order valence-electron chi connectivity index (χ1n) is 7.21. The summed E-state index contributed by atoms with van der Waals surface area (Å²) in [6, 6.07) is 6.32. The summed E-state index contributed by atoms with van der Waals surface area (Å²) in [5, 5.41) is 7.50. The monoisotopic (exact) mass is 271 g/mol. The number of nitrogens with one attached hydrogen (secondary N) is 1. The first kappa shape index (κ1) is 13.2. The quantitative estimate of drug-likeness (QED) is 0.905. The van der Waals surface area contributed by atoms with E-state index < -0.39 is 0 Å². The van der Waals surface area contributed by atoms with Crippen LogP contribution in [-0.4, -0.2) is 16.7 Å². The van der Waals surface area contributed by atoms with Crippen LogP contribution in [0.25, 0.3) is 11.5 Å². The smallest absolute Gasteiger partial charge is 0.257 e. The summed E-state index contributed by atoms with van der Waals surface area (Å²) in [5.41, 5.74) is 3.75. The average molecular weight is 271 g/mol. The van der Waals surface area contributed by atoms with Crippen molar-refractivity contribution in [1.82, 2.24) is 10.1 Å². The van der Waals surface area contributed by atoms with Crippen molar-refractivity contribution in [3.8, 4) is 11.5 Å². The van der Waals surface area contributed by atoms with Crippen LogP contribution in [-0.2, 0) is 12.8 Å². The van der Waals surface area contributed by atoms with E-state index in [9.17, 15) is 0 Å². The highest BCUT2D eigenvalue weighted by Gasteiger charge is 2.18. The molecule has 0 aliphatic carbocycles. The zero-order chi connectivity index (χ0) is 14.2. The van der Waals surface area contributed by atoms with Gasteiger partial charge in [0.15, 0.2) is 5.82 Å². The molecular weight excluding hydrogens is 250 g/mol. The largest absolute Gasteiger partial charge is 0.385 e. The summed E-state index contributed by atoms with van der Waals surface area (Å²) in [6.07, 6.45) is 3.11. The number of aryl methyl sites for hydroxylation is 1. The molecule has 1 aliphatic rings. The van der Waals surface area contributed by atoms with Crippen molar-refractivity contribution >= 4 is 5.69 Å². The normalized spacial score (nSPS) is 14.8. The summed E-state index contributed by atoms with van der Waals surface area (Å²) >= 11 is 0. The molecule has 0 fully saturated rings. The number of benzene rings is 1. The molecule has 1 aromatic heterocycles. The minimum absolute atomic E-state index is 0.168. The van der Waals surface area contributed by atoms with E-state index in [1.54, 1.807) is 0 Å². The second kappa shape index (κ2) is 4.93. The van der Waals surface area contributed by atoms with E-state index in [1.807, 2.05) is 6.07 Å². The van der Waals surface area contributed by atoms with E-state index in [4.69, 9.17) is 4.52 Å². The lowest BCUT2D eigenvalue weighted by atomic mass is 9.92. The summed E-state index contributed by atoms with van der Waals surface area (Å²) in [6.45, 7) is 7.58. The molecule has 2 aromatic rings. The van der Waals surface area contributed by atoms with E-state index in [-0.39, 0.29) is 5.41 Å². The van der Waals surface area contributed by atoms with E-state index in [2.05, 4.69) is 48.4 Å². The Morgan fingerprint density at radius 3 is 2.95 bits per heavy atom. The Morgan fingerprint density at radius 2 is 2.15 bits per heavy atom. The fraction of sp³-hybridized carbons (Fsp3) is 0.500. The first-order chi connectivity index (χ1) is 9.51. The van der Waals surface area contributed by atoms with Crippen molar-refractivity contribution in [1.29, 1.82) is 0 Å². The molecule has 0 unspecified atom stereocenters. The van der Waals surface area contributed by atoms with Gasteiger partial charge in [-0.2, -0.15) is 4.98 Å². The molecule has 20 heavy (non-hydrogen) atoms. The number of fused-ring (bicyclic) bond motifs is 1. The number of rotatable bonds is 2. The molecular formula is C16H21N3O. The highest BCUT2D eigenvalue weighted by atomic mass is 16.5. The number of hydrogen-bond acceptors (Lipinski definition) is 4. The maximum absolute atomic E-state index is 5.41. The Kier molecular flexibility index (Phi) is 3.24. The van der Waals surface area contributed by atoms with Gasteiger partial charge in [-0.15, -0.1) is 0 Å². The van der Waals surface area contributed by atoms with Crippen LogP contribution in [0.5, 0.6) is 0 Å². The SMILES string of the molecule is CC(C)(C)Cc1noc(-c2ccc3c(c2)CCCN3)n1. The Morgan fingerprint density at radius 1 is 1.30 bits per heavy atom. The number of nitrogens with zero attached hydrogens (tertiary/aromatic N) is 2. The van der Waals surface area contributed by atoms with Gasteiger partial charge in [0.05, 0.1) is 0 Å². The highest BCUT2D eigenvalue weighted by Crippen LogP contribution is 2.28. The zero-order valence-corrected chi connectivity index (χ0v) is 12.4. The van der Waals surface area contributed by atoms with Crippen LogP contribution >= 0.6 is 0 Å². The predicted molar refractivity (Wildman–Crippen MR) is 79.7 cm³/mol. The van der Waals surface area contributed by atoms with Gasteiger partial charge < -0.3 is 9.84 Å². The standard InChI is InChI=1S/C16H21N3O/c1-16(2,3)10-14-18-15(20-19-14)12-6-7-13-11(9-12)5-4-8-17-13/h6-7,9,17H,4-5,8,10H2,1-3H3. The Hall–Kier alpha value is -1.84. The molecule has 0 atom stereocenters. The van der Waals surface area contributed by atoms with Crippen molar-refractivity contribution in [2.24, 2.45) is 5.41 Å². The van der Waals surface area contributed by atoms with Gasteiger partial charge in [-0.05, 0) is 42.0 Å². The van der Waals surface area contributed by atoms with Crippen LogP contribution in [0.1, 0.15) is 38.6 Å². The van der Waals surface area contributed by atoms with Crippen molar-refractivity contribution in [2.45, 2.75) is 40.0 Å². The van der Waals surface area contributed by atoms with E-state index in [0.717, 1.165) is 30.8 Å². The van der Waals surface area contributed by atoms with Crippen molar-refractivity contribution in [3.05, 3.63) is 29.6 Å².